The topological polar surface area (TPSA) is 64.0 Å². The number of nitrogens with one attached hydrogen (secondary N) is 1. The average molecular weight is 448 g/mol. The van der Waals surface area contributed by atoms with Gasteiger partial charge in [0.25, 0.3) is 15.9 Å². The second-order valence-electron chi connectivity index (χ2n) is 8.11. The number of aryl methyl sites for hydroxylation is 1. The van der Waals surface area contributed by atoms with E-state index in [1.54, 1.807) is 13.0 Å². The highest BCUT2D eigenvalue weighted by Gasteiger charge is 2.31. The first kappa shape index (κ1) is 21.9. The van der Waals surface area contributed by atoms with E-state index in [1.165, 1.54) is 29.1 Å². The molecule has 1 atom stereocenters. The number of rotatable bonds is 5. The Hall–Kier alpha value is -2.32. The molecule has 31 heavy (non-hydrogen) atoms. The first-order valence-corrected chi connectivity index (χ1v) is 12.1. The van der Waals surface area contributed by atoms with Crippen LogP contribution in [0.25, 0.3) is 11.0 Å². The van der Waals surface area contributed by atoms with Crippen LogP contribution in [0.4, 0.5) is 8.78 Å². The molecule has 0 radical (unpaired) electrons. The van der Waals surface area contributed by atoms with Crippen molar-refractivity contribution in [3.63, 3.8) is 0 Å². The van der Waals surface area contributed by atoms with Gasteiger partial charge >= 0.3 is 0 Å². The summed E-state index contributed by atoms with van der Waals surface area (Å²) in [6.45, 7) is 4.91. The van der Waals surface area contributed by atoms with Gasteiger partial charge in [-0.3, -0.25) is 0 Å². The minimum absolute atomic E-state index is 0.162. The molecular formula is C23H27F2N3O2S. The second-order valence-corrected chi connectivity index (χ2v) is 9.89. The molecule has 1 unspecified atom stereocenters. The molecule has 0 bridgehead atoms. The monoisotopic (exact) mass is 447 g/mol. The number of benzene rings is 2. The molecule has 2 aromatic carbocycles. The van der Waals surface area contributed by atoms with Crippen LogP contribution in [-0.4, -0.2) is 30.5 Å². The summed E-state index contributed by atoms with van der Waals surface area (Å²) in [5.74, 6) is -2.46. The summed E-state index contributed by atoms with van der Waals surface area (Å²) in [5, 5.41) is 3.40. The minimum atomic E-state index is -4.09. The molecule has 1 aliphatic rings. The fourth-order valence-electron chi connectivity index (χ4n) is 4.37. The number of nitrogens with zero attached hydrogens (tertiary/aromatic N) is 2. The predicted molar refractivity (Wildman–Crippen MR) is 117 cm³/mol. The number of imidazole rings is 1. The van der Waals surface area contributed by atoms with Gasteiger partial charge < -0.3 is 5.32 Å². The molecular weight excluding hydrogens is 420 g/mol. The summed E-state index contributed by atoms with van der Waals surface area (Å²) in [5.41, 5.74) is 1.90. The molecule has 1 saturated heterocycles. The van der Waals surface area contributed by atoms with Crippen molar-refractivity contribution in [3.05, 3.63) is 59.4 Å². The summed E-state index contributed by atoms with van der Waals surface area (Å²) in [4.78, 5) is 4.45. The number of halogens is 2. The molecule has 4 rings (SSSR count). The maximum atomic E-state index is 14.2. The van der Waals surface area contributed by atoms with Crippen LogP contribution in [0.3, 0.4) is 0 Å². The van der Waals surface area contributed by atoms with Gasteiger partial charge in [0.2, 0.25) is 0 Å². The quantitative estimate of drug-likeness (QED) is 0.602. The van der Waals surface area contributed by atoms with Gasteiger partial charge in [-0.05, 0) is 69.0 Å². The number of hydrogen-bond acceptors (Lipinski definition) is 4. The lowest BCUT2D eigenvalue weighted by Gasteiger charge is -2.16. The second kappa shape index (κ2) is 8.31. The van der Waals surface area contributed by atoms with Gasteiger partial charge in [-0.25, -0.2) is 26.2 Å². The molecule has 3 aromatic rings. The third kappa shape index (κ3) is 3.99. The third-order valence-electron chi connectivity index (χ3n) is 6.09. The zero-order valence-corrected chi connectivity index (χ0v) is 18.6. The zero-order valence-electron chi connectivity index (χ0n) is 17.7. The molecule has 0 saturated carbocycles. The van der Waals surface area contributed by atoms with Gasteiger partial charge in [0.15, 0.2) is 0 Å². The van der Waals surface area contributed by atoms with Crippen LogP contribution in [0.2, 0.25) is 0 Å². The van der Waals surface area contributed by atoms with Crippen LogP contribution in [0.15, 0.2) is 47.4 Å². The van der Waals surface area contributed by atoms with Gasteiger partial charge in [0.1, 0.15) is 5.82 Å². The van der Waals surface area contributed by atoms with E-state index in [1.807, 2.05) is 12.1 Å². The van der Waals surface area contributed by atoms with Gasteiger partial charge in [-0.2, -0.15) is 0 Å². The van der Waals surface area contributed by atoms with Crippen LogP contribution in [0.1, 0.15) is 55.5 Å². The molecule has 1 N–H and O–H groups in total. The Kier molecular flexibility index (Phi) is 5.87. The maximum Gasteiger partial charge on any atom is 0.273 e. The molecule has 1 aliphatic heterocycles. The standard InChI is InChI=1S/C23H27F2N3O2S/c1-3-23(24,25)18-8-4-9-19(15-18)31(29,30)28-16(2)27-22-20(10-5-11-21(22)28)17-7-6-13-26-14-12-17/h4-5,8-11,15,17,26H,3,6-7,12-14H2,1-2H3. The highest BCUT2D eigenvalue weighted by molar-refractivity contribution is 7.90. The predicted octanol–water partition coefficient (Wildman–Crippen LogP) is 4.94. The zero-order chi connectivity index (χ0) is 22.2. The van der Waals surface area contributed by atoms with Crippen molar-refractivity contribution in [1.29, 1.82) is 0 Å². The molecule has 8 heteroatoms. The Morgan fingerprint density at radius 3 is 2.71 bits per heavy atom. The minimum Gasteiger partial charge on any atom is -0.317 e. The van der Waals surface area contributed by atoms with Crippen LogP contribution < -0.4 is 5.32 Å². The van der Waals surface area contributed by atoms with Crippen molar-refractivity contribution in [3.8, 4) is 0 Å². The summed E-state index contributed by atoms with van der Waals surface area (Å²) < 4.78 is 56.6. The number of para-hydroxylation sites is 1. The molecule has 1 fully saturated rings. The van der Waals surface area contributed by atoms with E-state index in [0.29, 0.717) is 22.8 Å². The van der Waals surface area contributed by atoms with Gasteiger partial charge in [0.05, 0.1) is 15.9 Å². The number of alkyl halides is 2. The maximum absolute atomic E-state index is 14.2. The Bertz CT molecular complexity index is 1200. The summed E-state index contributed by atoms with van der Waals surface area (Å²) >= 11 is 0. The Morgan fingerprint density at radius 2 is 1.94 bits per heavy atom. The van der Waals surface area contributed by atoms with Gasteiger partial charge in [-0.15, -0.1) is 0 Å². The molecule has 5 nitrogen and oxygen atoms in total. The van der Waals surface area contributed by atoms with E-state index >= 15 is 0 Å². The third-order valence-corrected chi connectivity index (χ3v) is 7.88. The smallest absolute Gasteiger partial charge is 0.273 e. The SMILES string of the molecule is CCC(F)(F)c1cccc(S(=O)(=O)n2c(C)nc3c(C4CCCNCC4)cccc32)c1. The van der Waals surface area contributed by atoms with E-state index in [9.17, 15) is 17.2 Å². The van der Waals surface area contributed by atoms with E-state index in [2.05, 4.69) is 10.3 Å². The molecule has 2 heterocycles. The highest BCUT2D eigenvalue weighted by Crippen LogP contribution is 2.35. The first-order valence-electron chi connectivity index (χ1n) is 10.7. The lowest BCUT2D eigenvalue weighted by Crippen LogP contribution is -2.17. The lowest BCUT2D eigenvalue weighted by molar-refractivity contribution is -0.00849. The van der Waals surface area contributed by atoms with E-state index in [-0.39, 0.29) is 10.5 Å². The lowest BCUT2D eigenvalue weighted by atomic mass is 9.91. The summed E-state index contributed by atoms with van der Waals surface area (Å²) in [7, 11) is -4.09. The molecule has 0 amide bonds. The Labute approximate surface area is 181 Å². The van der Waals surface area contributed by atoms with Crippen LogP contribution >= 0.6 is 0 Å². The summed E-state index contributed by atoms with van der Waals surface area (Å²) in [6.07, 6.45) is 2.63. The molecule has 0 aliphatic carbocycles. The van der Waals surface area contributed by atoms with Gasteiger partial charge in [-0.1, -0.05) is 31.2 Å². The van der Waals surface area contributed by atoms with Gasteiger partial charge in [0, 0.05) is 12.0 Å². The van der Waals surface area contributed by atoms with Crippen molar-refractivity contribution in [1.82, 2.24) is 14.3 Å². The highest BCUT2D eigenvalue weighted by atomic mass is 32.2. The van der Waals surface area contributed by atoms with Crippen molar-refractivity contribution >= 4 is 21.1 Å². The normalized spacial score (nSPS) is 18.3. The number of aromatic nitrogens is 2. The van der Waals surface area contributed by atoms with E-state index < -0.39 is 22.4 Å². The van der Waals surface area contributed by atoms with E-state index in [4.69, 9.17) is 0 Å². The molecule has 0 spiro atoms. The van der Waals surface area contributed by atoms with Crippen molar-refractivity contribution in [2.75, 3.05) is 13.1 Å². The Balaban J connectivity index is 1.84. The van der Waals surface area contributed by atoms with Crippen LogP contribution in [-0.2, 0) is 15.9 Å². The van der Waals surface area contributed by atoms with E-state index in [0.717, 1.165) is 44.0 Å². The average Bonchev–Trinajstić information content (AvgIpc) is 2.92. The fourth-order valence-corrected chi connectivity index (χ4v) is 5.90. The van der Waals surface area contributed by atoms with Crippen LogP contribution in [0.5, 0.6) is 0 Å². The van der Waals surface area contributed by atoms with Crippen molar-refractivity contribution < 1.29 is 17.2 Å². The largest absolute Gasteiger partial charge is 0.317 e. The number of hydrogen-bond donors (Lipinski definition) is 1. The van der Waals surface area contributed by atoms with Crippen molar-refractivity contribution in [2.24, 2.45) is 0 Å². The molecule has 166 valence electrons. The number of fused-ring (bicyclic) bond motifs is 1. The Morgan fingerprint density at radius 1 is 1.16 bits per heavy atom. The summed E-state index contributed by atoms with van der Waals surface area (Å²) in [6, 6.07) is 10.7. The molecule has 1 aromatic heterocycles. The van der Waals surface area contributed by atoms with Crippen molar-refractivity contribution in [2.45, 2.75) is 56.3 Å². The fraction of sp³-hybridized carbons (Fsp3) is 0.435. The van der Waals surface area contributed by atoms with Crippen LogP contribution in [0, 0.1) is 6.92 Å². The first-order chi connectivity index (χ1) is 14.8.